The van der Waals surface area contributed by atoms with Crippen molar-refractivity contribution in [3.63, 3.8) is 0 Å². The molecule has 15 heavy (non-hydrogen) atoms. The summed E-state index contributed by atoms with van der Waals surface area (Å²) in [4.78, 5) is 17.2. The first-order valence-electron chi connectivity index (χ1n) is 4.84. The van der Waals surface area contributed by atoms with Gasteiger partial charge >= 0.3 is 0 Å². The lowest BCUT2D eigenvalue weighted by molar-refractivity contribution is -0.000794. The molecule has 1 atom stereocenters. The Morgan fingerprint density at radius 3 is 3.33 bits per heavy atom. The predicted octanol–water partition coefficient (Wildman–Crippen LogP) is -0.863. The van der Waals surface area contributed by atoms with Gasteiger partial charge in [-0.1, -0.05) is 0 Å². The van der Waals surface area contributed by atoms with Gasteiger partial charge in [-0.3, -0.25) is 4.79 Å². The standard InChI is InChI=1S/C9H13N3O3/c13-8-3-9(12-6-11-8)15-5-7-4-10-1-2-14-7/h3,6-7,10H,1-2,4-5H2,(H,11,12,13). The molecule has 1 aromatic rings. The minimum Gasteiger partial charge on any atom is -0.475 e. The molecule has 82 valence electrons. The lowest BCUT2D eigenvalue weighted by Gasteiger charge is -2.23. The Hall–Kier alpha value is -1.40. The number of nitrogens with one attached hydrogen (secondary N) is 2. The van der Waals surface area contributed by atoms with Crippen LogP contribution in [0.25, 0.3) is 0 Å². The van der Waals surface area contributed by atoms with Gasteiger partial charge in [-0.15, -0.1) is 0 Å². The van der Waals surface area contributed by atoms with E-state index in [9.17, 15) is 4.79 Å². The number of hydrogen-bond acceptors (Lipinski definition) is 5. The molecule has 1 aromatic heterocycles. The van der Waals surface area contributed by atoms with E-state index >= 15 is 0 Å². The maximum Gasteiger partial charge on any atom is 0.254 e. The van der Waals surface area contributed by atoms with Crippen molar-refractivity contribution in [2.24, 2.45) is 0 Å². The minimum absolute atomic E-state index is 0.0276. The van der Waals surface area contributed by atoms with Crippen LogP contribution >= 0.6 is 0 Å². The van der Waals surface area contributed by atoms with E-state index in [1.54, 1.807) is 0 Å². The summed E-state index contributed by atoms with van der Waals surface area (Å²) in [6, 6.07) is 1.32. The van der Waals surface area contributed by atoms with Gasteiger partial charge in [-0.05, 0) is 0 Å². The molecule has 0 aromatic carbocycles. The normalized spacial score (nSPS) is 21.2. The molecule has 1 fully saturated rings. The molecule has 0 radical (unpaired) electrons. The van der Waals surface area contributed by atoms with Gasteiger partial charge < -0.3 is 19.8 Å². The largest absolute Gasteiger partial charge is 0.475 e. The molecule has 1 aliphatic rings. The molecule has 1 unspecified atom stereocenters. The fourth-order valence-electron chi connectivity index (χ4n) is 1.33. The zero-order valence-electron chi connectivity index (χ0n) is 8.23. The second kappa shape index (κ2) is 4.90. The van der Waals surface area contributed by atoms with Crippen LogP contribution in [-0.4, -0.2) is 42.4 Å². The van der Waals surface area contributed by atoms with E-state index in [0.717, 1.165) is 13.1 Å². The molecule has 1 saturated heterocycles. The fraction of sp³-hybridized carbons (Fsp3) is 0.556. The summed E-state index contributed by atoms with van der Waals surface area (Å²) in [5.74, 6) is 0.327. The molecule has 2 rings (SSSR count). The highest BCUT2D eigenvalue weighted by Gasteiger charge is 2.13. The Morgan fingerprint density at radius 1 is 1.67 bits per heavy atom. The maximum absolute atomic E-state index is 10.9. The molecular formula is C9H13N3O3. The minimum atomic E-state index is -0.220. The number of hydrogen-bond donors (Lipinski definition) is 2. The summed E-state index contributed by atoms with van der Waals surface area (Å²) in [6.45, 7) is 2.74. The summed E-state index contributed by atoms with van der Waals surface area (Å²) in [7, 11) is 0. The van der Waals surface area contributed by atoms with E-state index in [2.05, 4.69) is 15.3 Å². The van der Waals surface area contributed by atoms with Crippen molar-refractivity contribution in [1.29, 1.82) is 0 Å². The third-order valence-electron chi connectivity index (χ3n) is 2.07. The molecule has 0 saturated carbocycles. The van der Waals surface area contributed by atoms with E-state index in [1.807, 2.05) is 0 Å². The number of aromatic amines is 1. The van der Waals surface area contributed by atoms with Crippen molar-refractivity contribution in [2.75, 3.05) is 26.3 Å². The fourth-order valence-corrected chi connectivity index (χ4v) is 1.33. The van der Waals surface area contributed by atoms with Crippen LogP contribution in [0.5, 0.6) is 5.88 Å². The van der Waals surface area contributed by atoms with Gasteiger partial charge in [0.05, 0.1) is 19.0 Å². The van der Waals surface area contributed by atoms with Crippen LogP contribution in [0, 0.1) is 0 Å². The van der Waals surface area contributed by atoms with Gasteiger partial charge in [-0.25, -0.2) is 4.98 Å². The van der Waals surface area contributed by atoms with Crippen LogP contribution < -0.4 is 15.6 Å². The van der Waals surface area contributed by atoms with Crippen LogP contribution in [0.4, 0.5) is 0 Å². The van der Waals surface area contributed by atoms with Gasteiger partial charge in [-0.2, -0.15) is 0 Å². The monoisotopic (exact) mass is 211 g/mol. The van der Waals surface area contributed by atoms with Crippen molar-refractivity contribution >= 4 is 0 Å². The van der Waals surface area contributed by atoms with Crippen molar-refractivity contribution in [3.05, 3.63) is 22.7 Å². The zero-order valence-corrected chi connectivity index (χ0v) is 8.23. The third kappa shape index (κ3) is 3.03. The molecule has 6 heteroatoms. The van der Waals surface area contributed by atoms with Crippen LogP contribution in [0.15, 0.2) is 17.2 Å². The number of rotatable bonds is 3. The third-order valence-corrected chi connectivity index (χ3v) is 2.07. The average molecular weight is 211 g/mol. The van der Waals surface area contributed by atoms with Crippen molar-refractivity contribution < 1.29 is 9.47 Å². The van der Waals surface area contributed by atoms with E-state index in [4.69, 9.17) is 9.47 Å². The summed E-state index contributed by atoms with van der Waals surface area (Å²) in [5, 5.41) is 3.19. The number of morpholine rings is 1. The molecule has 1 aliphatic heterocycles. The second-order valence-corrected chi connectivity index (χ2v) is 3.26. The van der Waals surface area contributed by atoms with E-state index in [-0.39, 0.29) is 11.7 Å². The highest BCUT2D eigenvalue weighted by Crippen LogP contribution is 2.02. The SMILES string of the molecule is O=c1cc(OCC2CNCCO2)nc[nH]1. The first kappa shape index (κ1) is 10.1. The van der Waals surface area contributed by atoms with Gasteiger partial charge in [0.15, 0.2) is 0 Å². The molecule has 0 amide bonds. The van der Waals surface area contributed by atoms with Gasteiger partial charge in [0.25, 0.3) is 5.56 Å². The van der Waals surface area contributed by atoms with E-state index in [0.29, 0.717) is 19.1 Å². The van der Waals surface area contributed by atoms with Crippen LogP contribution in [0.2, 0.25) is 0 Å². The molecule has 0 spiro atoms. The highest BCUT2D eigenvalue weighted by atomic mass is 16.5. The Balaban J connectivity index is 1.84. The number of aromatic nitrogens is 2. The quantitative estimate of drug-likeness (QED) is 0.680. The Labute approximate surface area is 86.6 Å². The Kier molecular flexibility index (Phi) is 3.31. The predicted molar refractivity (Wildman–Crippen MR) is 53.0 cm³/mol. The molecule has 2 heterocycles. The van der Waals surface area contributed by atoms with Gasteiger partial charge in [0.2, 0.25) is 5.88 Å². The summed E-state index contributed by atoms with van der Waals surface area (Å²) >= 11 is 0. The molecule has 6 nitrogen and oxygen atoms in total. The van der Waals surface area contributed by atoms with Gasteiger partial charge in [0, 0.05) is 13.1 Å². The van der Waals surface area contributed by atoms with E-state index < -0.39 is 0 Å². The van der Waals surface area contributed by atoms with Gasteiger partial charge in [0.1, 0.15) is 12.7 Å². The molecular weight excluding hydrogens is 198 g/mol. The number of ether oxygens (including phenoxy) is 2. The first-order valence-corrected chi connectivity index (χ1v) is 4.84. The molecule has 0 aliphatic carbocycles. The Bertz CT molecular complexity index is 360. The lowest BCUT2D eigenvalue weighted by Crippen LogP contribution is -2.41. The Morgan fingerprint density at radius 2 is 2.60 bits per heavy atom. The summed E-state index contributed by atoms with van der Waals surface area (Å²) < 4.78 is 10.8. The summed E-state index contributed by atoms with van der Waals surface area (Å²) in [5.41, 5.74) is -0.220. The van der Waals surface area contributed by atoms with E-state index in [1.165, 1.54) is 12.4 Å². The maximum atomic E-state index is 10.9. The van der Waals surface area contributed by atoms with Crippen LogP contribution in [0.1, 0.15) is 0 Å². The smallest absolute Gasteiger partial charge is 0.254 e. The van der Waals surface area contributed by atoms with Crippen molar-refractivity contribution in [2.45, 2.75) is 6.10 Å². The van der Waals surface area contributed by atoms with Crippen molar-refractivity contribution in [3.8, 4) is 5.88 Å². The van der Waals surface area contributed by atoms with Crippen LogP contribution in [-0.2, 0) is 4.74 Å². The number of H-pyrrole nitrogens is 1. The van der Waals surface area contributed by atoms with Crippen LogP contribution in [0.3, 0.4) is 0 Å². The molecule has 0 bridgehead atoms. The highest BCUT2D eigenvalue weighted by molar-refractivity contribution is 5.04. The molecule has 2 N–H and O–H groups in total. The zero-order chi connectivity index (χ0) is 10.5. The topological polar surface area (TPSA) is 76.2 Å². The first-order chi connectivity index (χ1) is 7.34. The lowest BCUT2D eigenvalue weighted by atomic mass is 10.3. The van der Waals surface area contributed by atoms with Crippen molar-refractivity contribution in [1.82, 2.24) is 15.3 Å². The second-order valence-electron chi connectivity index (χ2n) is 3.26. The summed E-state index contributed by atoms with van der Waals surface area (Å²) in [6.07, 6.45) is 1.34. The number of nitrogens with zero attached hydrogens (tertiary/aromatic N) is 1. The average Bonchev–Trinajstić information content (AvgIpc) is 2.28.